The summed E-state index contributed by atoms with van der Waals surface area (Å²) in [7, 11) is 0. The van der Waals surface area contributed by atoms with Crippen LogP contribution in [0, 0.1) is 0 Å². The number of benzene rings is 2. The van der Waals surface area contributed by atoms with E-state index in [2.05, 4.69) is 68.3 Å². The molecule has 2 aromatic rings. The molecule has 2 aliphatic heterocycles. The van der Waals surface area contributed by atoms with Gasteiger partial charge in [-0.05, 0) is 66.2 Å². The predicted molar refractivity (Wildman–Crippen MR) is 79.8 cm³/mol. The molecule has 0 aliphatic carbocycles. The molecule has 2 atom stereocenters. The topological polar surface area (TPSA) is 9.23 Å². The van der Waals surface area contributed by atoms with Crippen molar-refractivity contribution >= 4 is 31.9 Å². The van der Waals surface area contributed by atoms with Crippen molar-refractivity contribution in [1.29, 1.82) is 0 Å². The summed E-state index contributed by atoms with van der Waals surface area (Å²) in [6, 6.07) is 12.8. The van der Waals surface area contributed by atoms with Crippen molar-refractivity contribution < 1.29 is 4.74 Å². The third-order valence-electron chi connectivity index (χ3n) is 3.52. The second kappa shape index (κ2) is 4.19. The van der Waals surface area contributed by atoms with Gasteiger partial charge in [0.1, 0.15) is 12.2 Å². The molecule has 0 saturated carbocycles. The molecular weight excluding hydrogens is 356 g/mol. The van der Waals surface area contributed by atoms with E-state index in [0.29, 0.717) is 0 Å². The third-order valence-corrected chi connectivity index (χ3v) is 5.37. The Morgan fingerprint density at radius 2 is 1.22 bits per heavy atom. The molecule has 3 heteroatoms. The van der Waals surface area contributed by atoms with E-state index in [-0.39, 0.29) is 19.6 Å². The maximum atomic E-state index is 6.08. The van der Waals surface area contributed by atoms with E-state index >= 15 is 0 Å². The number of ether oxygens (including phenoxy) is 1. The summed E-state index contributed by atoms with van der Waals surface area (Å²) in [6.07, 6.45) is 0.242. The molecule has 0 aromatic heterocycles. The van der Waals surface area contributed by atoms with Gasteiger partial charge in [-0.3, -0.25) is 0 Å². The Balaban J connectivity index is 0.000001000. The molecular formula is C15H12Br2O. The Labute approximate surface area is 123 Å². The number of halogens is 2. The van der Waals surface area contributed by atoms with Crippen LogP contribution in [-0.2, 0) is 4.74 Å². The number of rotatable bonds is 0. The monoisotopic (exact) mass is 366 g/mol. The fourth-order valence-corrected chi connectivity index (χ4v) is 3.51. The molecule has 2 bridgehead atoms. The van der Waals surface area contributed by atoms with E-state index in [9.17, 15) is 0 Å². The second-order valence-electron chi connectivity index (χ2n) is 4.42. The van der Waals surface area contributed by atoms with Crippen molar-refractivity contribution in [2.45, 2.75) is 19.6 Å². The Hall–Kier alpha value is -0.640. The highest BCUT2D eigenvalue weighted by atomic mass is 79.9. The molecule has 0 N–H and O–H groups in total. The van der Waals surface area contributed by atoms with Crippen LogP contribution >= 0.6 is 31.9 Å². The summed E-state index contributed by atoms with van der Waals surface area (Å²) in [5, 5.41) is 0. The highest BCUT2D eigenvalue weighted by molar-refractivity contribution is 9.13. The van der Waals surface area contributed by atoms with Crippen LogP contribution < -0.4 is 0 Å². The van der Waals surface area contributed by atoms with Crippen molar-refractivity contribution in [3.05, 3.63) is 67.6 Å². The van der Waals surface area contributed by atoms with Crippen molar-refractivity contribution in [1.82, 2.24) is 0 Å². The average molecular weight is 368 g/mol. The molecule has 0 amide bonds. The molecule has 0 fully saturated rings. The van der Waals surface area contributed by atoms with E-state index in [1.54, 1.807) is 0 Å². The minimum Gasteiger partial charge on any atom is -0.356 e. The normalized spacial score (nSPS) is 22.3. The SMILES string of the molecule is Brc1cc2c(cc1Br)C1OC2c2ccccc21.C. The lowest BCUT2D eigenvalue weighted by atomic mass is 9.86. The van der Waals surface area contributed by atoms with Gasteiger partial charge in [-0.2, -0.15) is 0 Å². The minimum absolute atomic E-state index is 0. The summed E-state index contributed by atoms with van der Waals surface area (Å²) in [6.45, 7) is 0. The van der Waals surface area contributed by atoms with Gasteiger partial charge in [0.15, 0.2) is 0 Å². The van der Waals surface area contributed by atoms with Gasteiger partial charge in [0, 0.05) is 8.95 Å². The highest BCUT2D eigenvalue weighted by Crippen LogP contribution is 2.55. The molecule has 1 nitrogen and oxygen atoms in total. The summed E-state index contributed by atoms with van der Waals surface area (Å²) in [5.41, 5.74) is 5.23. The van der Waals surface area contributed by atoms with Crippen molar-refractivity contribution in [3.63, 3.8) is 0 Å². The Morgan fingerprint density at radius 1 is 0.778 bits per heavy atom. The Morgan fingerprint density at radius 3 is 1.67 bits per heavy atom. The van der Waals surface area contributed by atoms with E-state index in [4.69, 9.17) is 4.74 Å². The molecule has 92 valence electrons. The lowest BCUT2D eigenvalue weighted by molar-refractivity contribution is 0.0857. The summed E-state index contributed by atoms with van der Waals surface area (Å²) < 4.78 is 8.26. The number of fused-ring (bicyclic) bond motifs is 8. The van der Waals surface area contributed by atoms with Crippen LogP contribution in [0.1, 0.15) is 41.9 Å². The number of hydrogen-bond donors (Lipinski definition) is 0. The first-order valence-corrected chi connectivity index (χ1v) is 7.07. The van der Waals surface area contributed by atoms with E-state index in [1.165, 1.54) is 22.3 Å². The van der Waals surface area contributed by atoms with Gasteiger partial charge < -0.3 is 4.74 Å². The van der Waals surface area contributed by atoms with Gasteiger partial charge in [-0.15, -0.1) is 0 Å². The zero-order valence-corrected chi connectivity index (χ0v) is 12.0. The summed E-state index contributed by atoms with van der Waals surface area (Å²) in [5.74, 6) is 0. The van der Waals surface area contributed by atoms with Crippen molar-refractivity contribution in [3.8, 4) is 0 Å². The molecule has 4 rings (SSSR count). The van der Waals surface area contributed by atoms with Gasteiger partial charge in [0.05, 0.1) is 0 Å². The Kier molecular flexibility index (Phi) is 2.88. The molecule has 0 radical (unpaired) electrons. The molecule has 2 aromatic carbocycles. The lowest BCUT2D eigenvalue weighted by Crippen LogP contribution is -2.02. The van der Waals surface area contributed by atoms with Crippen LogP contribution in [0.25, 0.3) is 0 Å². The first-order valence-electron chi connectivity index (χ1n) is 5.49. The summed E-state index contributed by atoms with van der Waals surface area (Å²) in [4.78, 5) is 0. The highest BCUT2D eigenvalue weighted by Gasteiger charge is 2.42. The van der Waals surface area contributed by atoms with Gasteiger partial charge in [-0.1, -0.05) is 31.7 Å². The van der Waals surface area contributed by atoms with Crippen molar-refractivity contribution in [2.75, 3.05) is 0 Å². The molecule has 0 saturated heterocycles. The van der Waals surface area contributed by atoms with Crippen molar-refractivity contribution in [2.24, 2.45) is 0 Å². The van der Waals surface area contributed by atoms with Gasteiger partial charge in [0.2, 0.25) is 0 Å². The molecule has 18 heavy (non-hydrogen) atoms. The standard InChI is InChI=1S/C14H8Br2O.CH4/c15-11-5-9-10(6-12(11)16)14-8-4-2-1-3-7(8)13(9)17-14;/h1-6,13-14H;1H4. The van der Waals surface area contributed by atoms with E-state index in [0.717, 1.165) is 8.95 Å². The van der Waals surface area contributed by atoms with Crippen LogP contribution in [-0.4, -0.2) is 0 Å². The quantitative estimate of drug-likeness (QED) is 0.608. The number of hydrogen-bond acceptors (Lipinski definition) is 1. The second-order valence-corrected chi connectivity index (χ2v) is 6.13. The fraction of sp³-hybridized carbons (Fsp3) is 0.200. The van der Waals surface area contributed by atoms with Gasteiger partial charge in [-0.25, -0.2) is 0 Å². The average Bonchev–Trinajstić information content (AvgIpc) is 2.87. The minimum atomic E-state index is 0. The third kappa shape index (κ3) is 1.47. The molecule has 2 aliphatic rings. The van der Waals surface area contributed by atoms with E-state index < -0.39 is 0 Å². The maximum Gasteiger partial charge on any atom is 0.110 e. The summed E-state index contributed by atoms with van der Waals surface area (Å²) >= 11 is 7.12. The van der Waals surface area contributed by atoms with Crippen LogP contribution in [0.5, 0.6) is 0 Å². The predicted octanol–water partition coefficient (Wildman–Crippen LogP) is 5.37. The van der Waals surface area contributed by atoms with Gasteiger partial charge >= 0.3 is 0 Å². The molecule has 2 heterocycles. The van der Waals surface area contributed by atoms with Crippen LogP contribution in [0.2, 0.25) is 0 Å². The Bertz CT molecular complexity index is 582. The zero-order chi connectivity index (χ0) is 11.6. The first kappa shape index (κ1) is 12.4. The lowest BCUT2D eigenvalue weighted by Gasteiger charge is -2.16. The zero-order valence-electron chi connectivity index (χ0n) is 8.78. The van der Waals surface area contributed by atoms with Gasteiger partial charge in [0.25, 0.3) is 0 Å². The maximum absolute atomic E-state index is 6.08. The van der Waals surface area contributed by atoms with E-state index in [1.807, 2.05) is 0 Å². The molecule has 0 spiro atoms. The first-order chi connectivity index (χ1) is 8.25. The smallest absolute Gasteiger partial charge is 0.110 e. The van der Waals surface area contributed by atoms with Crippen LogP contribution in [0.3, 0.4) is 0 Å². The molecule has 2 unspecified atom stereocenters. The van der Waals surface area contributed by atoms with Crippen LogP contribution in [0.15, 0.2) is 45.3 Å². The van der Waals surface area contributed by atoms with Crippen LogP contribution in [0.4, 0.5) is 0 Å². The fourth-order valence-electron chi connectivity index (χ4n) is 2.78. The largest absolute Gasteiger partial charge is 0.356 e.